The number of carbonyl (C=O) groups is 1. The van der Waals surface area contributed by atoms with Crippen LogP contribution in [0.1, 0.15) is 26.2 Å². The number of rotatable bonds is 8. The van der Waals surface area contributed by atoms with Crippen LogP contribution in [0.15, 0.2) is 0 Å². The van der Waals surface area contributed by atoms with Gasteiger partial charge >= 0.3 is 5.97 Å². The van der Waals surface area contributed by atoms with Crippen molar-refractivity contribution in [3.63, 3.8) is 0 Å². The molecule has 0 bridgehead atoms. The summed E-state index contributed by atoms with van der Waals surface area (Å²) < 4.78 is 9.79. The van der Waals surface area contributed by atoms with E-state index in [4.69, 9.17) is 14.6 Å². The van der Waals surface area contributed by atoms with Crippen molar-refractivity contribution in [2.75, 3.05) is 26.4 Å². The minimum Gasteiger partial charge on any atom is -0.466 e. The van der Waals surface area contributed by atoms with E-state index in [9.17, 15) is 4.79 Å². The van der Waals surface area contributed by atoms with Gasteiger partial charge < -0.3 is 14.6 Å². The smallest absolute Gasteiger partial charge is 0.308 e. The Morgan fingerprint density at radius 3 is 2.69 bits per heavy atom. The summed E-state index contributed by atoms with van der Waals surface area (Å²) in [6.45, 7) is 3.13. The van der Waals surface area contributed by atoms with Gasteiger partial charge in [-0.25, -0.2) is 0 Å². The van der Waals surface area contributed by atoms with E-state index < -0.39 is 0 Å². The Hall–Kier alpha value is -0.610. The van der Waals surface area contributed by atoms with E-state index in [0.717, 1.165) is 12.8 Å². The van der Waals surface area contributed by atoms with E-state index in [-0.39, 0.29) is 25.6 Å². The quantitative estimate of drug-likeness (QED) is 0.453. The number of ether oxygens (including phenoxy) is 2. The average molecular weight is 190 g/mol. The van der Waals surface area contributed by atoms with Gasteiger partial charge in [-0.1, -0.05) is 13.3 Å². The van der Waals surface area contributed by atoms with Gasteiger partial charge in [0, 0.05) is 0 Å². The van der Waals surface area contributed by atoms with Crippen molar-refractivity contribution < 1.29 is 19.4 Å². The number of carbonyl (C=O) groups excluding carboxylic acids is 1. The summed E-state index contributed by atoms with van der Waals surface area (Å²) in [6, 6.07) is 0. The second-order valence-electron chi connectivity index (χ2n) is 2.66. The third-order valence-corrected chi connectivity index (χ3v) is 1.45. The molecular weight excluding hydrogens is 172 g/mol. The molecule has 0 aliphatic heterocycles. The van der Waals surface area contributed by atoms with Crippen molar-refractivity contribution in [1.82, 2.24) is 0 Å². The van der Waals surface area contributed by atoms with Gasteiger partial charge in [-0.15, -0.1) is 0 Å². The van der Waals surface area contributed by atoms with Crippen LogP contribution in [-0.4, -0.2) is 37.5 Å². The summed E-state index contributed by atoms with van der Waals surface area (Å²) in [5.41, 5.74) is 0. The molecule has 0 amide bonds. The molecule has 0 heterocycles. The van der Waals surface area contributed by atoms with Gasteiger partial charge in [0.25, 0.3) is 0 Å². The van der Waals surface area contributed by atoms with Crippen LogP contribution in [0.2, 0.25) is 0 Å². The second kappa shape index (κ2) is 9.48. The Labute approximate surface area is 78.8 Å². The van der Waals surface area contributed by atoms with Crippen molar-refractivity contribution in [1.29, 1.82) is 0 Å². The topological polar surface area (TPSA) is 55.8 Å². The standard InChI is InChI=1S/C9H18O4/c1-2-3-6-13-9(11)4-7-12-8-5-10/h10H,2-8H2,1H3. The normalized spacial score (nSPS) is 10.0. The Bertz CT molecular complexity index is 125. The number of esters is 1. The second-order valence-corrected chi connectivity index (χ2v) is 2.66. The van der Waals surface area contributed by atoms with E-state index in [1.54, 1.807) is 0 Å². The summed E-state index contributed by atoms with van der Waals surface area (Å²) in [6.07, 6.45) is 2.20. The van der Waals surface area contributed by atoms with Crippen molar-refractivity contribution in [3.8, 4) is 0 Å². The third kappa shape index (κ3) is 9.30. The molecule has 0 aromatic rings. The van der Waals surface area contributed by atoms with Crippen molar-refractivity contribution >= 4 is 5.97 Å². The van der Waals surface area contributed by atoms with Gasteiger partial charge in [-0.05, 0) is 6.42 Å². The summed E-state index contributed by atoms with van der Waals surface area (Å²) in [7, 11) is 0. The van der Waals surface area contributed by atoms with E-state index in [2.05, 4.69) is 0 Å². The molecule has 0 aromatic heterocycles. The fraction of sp³-hybridized carbons (Fsp3) is 0.889. The highest BCUT2D eigenvalue weighted by atomic mass is 16.5. The number of hydrogen-bond donors (Lipinski definition) is 1. The van der Waals surface area contributed by atoms with Crippen LogP contribution in [0.4, 0.5) is 0 Å². The Morgan fingerprint density at radius 2 is 2.08 bits per heavy atom. The number of aliphatic hydroxyl groups is 1. The lowest BCUT2D eigenvalue weighted by molar-refractivity contribution is -0.145. The predicted octanol–water partition coefficient (Wildman–Crippen LogP) is 0.729. The molecule has 0 aliphatic carbocycles. The summed E-state index contributed by atoms with van der Waals surface area (Å²) >= 11 is 0. The zero-order valence-electron chi connectivity index (χ0n) is 8.12. The molecule has 0 rings (SSSR count). The first-order valence-electron chi connectivity index (χ1n) is 4.65. The predicted molar refractivity (Wildman–Crippen MR) is 48.4 cm³/mol. The molecule has 4 nitrogen and oxygen atoms in total. The van der Waals surface area contributed by atoms with E-state index >= 15 is 0 Å². The first kappa shape index (κ1) is 12.4. The number of unbranched alkanes of at least 4 members (excludes halogenated alkanes) is 1. The summed E-state index contributed by atoms with van der Waals surface area (Å²) in [4.78, 5) is 10.9. The zero-order valence-corrected chi connectivity index (χ0v) is 8.12. The molecule has 0 aliphatic rings. The minimum absolute atomic E-state index is 0.00905. The molecule has 0 spiro atoms. The molecule has 13 heavy (non-hydrogen) atoms. The van der Waals surface area contributed by atoms with Crippen molar-refractivity contribution in [2.45, 2.75) is 26.2 Å². The first-order valence-corrected chi connectivity index (χ1v) is 4.65. The van der Waals surface area contributed by atoms with E-state index in [0.29, 0.717) is 13.2 Å². The Kier molecular flexibility index (Phi) is 9.03. The Balaban J connectivity index is 3.11. The lowest BCUT2D eigenvalue weighted by Crippen LogP contribution is -2.10. The van der Waals surface area contributed by atoms with Crippen LogP contribution in [0, 0.1) is 0 Å². The van der Waals surface area contributed by atoms with Crippen LogP contribution >= 0.6 is 0 Å². The maximum absolute atomic E-state index is 10.9. The largest absolute Gasteiger partial charge is 0.466 e. The van der Waals surface area contributed by atoms with Gasteiger partial charge in [-0.2, -0.15) is 0 Å². The fourth-order valence-electron chi connectivity index (χ4n) is 0.725. The van der Waals surface area contributed by atoms with Crippen LogP contribution < -0.4 is 0 Å². The minimum atomic E-state index is -0.230. The SMILES string of the molecule is CCCCOC(=O)CCOCCO. The van der Waals surface area contributed by atoms with Gasteiger partial charge in [0.15, 0.2) is 0 Å². The van der Waals surface area contributed by atoms with E-state index in [1.807, 2.05) is 6.92 Å². The molecule has 0 unspecified atom stereocenters. The number of aliphatic hydroxyl groups excluding tert-OH is 1. The lowest BCUT2D eigenvalue weighted by atomic mass is 10.4. The maximum Gasteiger partial charge on any atom is 0.308 e. The molecule has 4 heteroatoms. The molecule has 1 N–H and O–H groups in total. The summed E-state index contributed by atoms with van der Waals surface area (Å²) in [5, 5.41) is 8.36. The molecular formula is C9H18O4. The van der Waals surface area contributed by atoms with Gasteiger partial charge in [0.1, 0.15) is 0 Å². The van der Waals surface area contributed by atoms with Crippen molar-refractivity contribution in [2.24, 2.45) is 0 Å². The molecule has 0 fully saturated rings. The summed E-state index contributed by atoms with van der Waals surface area (Å²) in [5.74, 6) is -0.230. The number of hydrogen-bond acceptors (Lipinski definition) is 4. The first-order chi connectivity index (χ1) is 6.31. The highest BCUT2D eigenvalue weighted by Gasteiger charge is 2.01. The fourth-order valence-corrected chi connectivity index (χ4v) is 0.725. The molecule has 0 radical (unpaired) electrons. The molecule has 0 atom stereocenters. The van der Waals surface area contributed by atoms with Gasteiger partial charge in [-0.3, -0.25) is 4.79 Å². The Morgan fingerprint density at radius 1 is 1.31 bits per heavy atom. The molecule has 0 saturated carbocycles. The average Bonchev–Trinajstić information content (AvgIpc) is 2.13. The van der Waals surface area contributed by atoms with E-state index in [1.165, 1.54) is 0 Å². The molecule has 78 valence electrons. The van der Waals surface area contributed by atoms with Gasteiger partial charge in [0.05, 0.1) is 32.8 Å². The monoisotopic (exact) mass is 190 g/mol. The van der Waals surface area contributed by atoms with Gasteiger partial charge in [0.2, 0.25) is 0 Å². The lowest BCUT2D eigenvalue weighted by Gasteiger charge is -2.03. The highest BCUT2D eigenvalue weighted by Crippen LogP contribution is 1.92. The maximum atomic E-state index is 10.9. The van der Waals surface area contributed by atoms with Crippen molar-refractivity contribution in [3.05, 3.63) is 0 Å². The highest BCUT2D eigenvalue weighted by molar-refractivity contribution is 5.69. The molecule has 0 saturated heterocycles. The zero-order chi connectivity index (χ0) is 9.94. The third-order valence-electron chi connectivity index (χ3n) is 1.45. The van der Waals surface area contributed by atoms with Crippen LogP contribution in [0.5, 0.6) is 0 Å². The van der Waals surface area contributed by atoms with Crippen LogP contribution in [0.3, 0.4) is 0 Å². The molecule has 0 aromatic carbocycles. The van der Waals surface area contributed by atoms with Crippen LogP contribution in [0.25, 0.3) is 0 Å². The van der Waals surface area contributed by atoms with Crippen LogP contribution in [-0.2, 0) is 14.3 Å².